The minimum Gasteiger partial charge on any atom is -0.394 e. The molecule has 3 heteroatoms. The van der Waals surface area contributed by atoms with Crippen molar-refractivity contribution in [2.45, 2.75) is 58.8 Å². The fourth-order valence-corrected chi connectivity index (χ4v) is 1.89. The molecule has 0 saturated heterocycles. The molecule has 0 saturated carbocycles. The van der Waals surface area contributed by atoms with Crippen LogP contribution in [0.25, 0.3) is 0 Å². The van der Waals surface area contributed by atoms with E-state index in [9.17, 15) is 5.11 Å². The van der Waals surface area contributed by atoms with Crippen LogP contribution < -0.4 is 0 Å². The van der Waals surface area contributed by atoms with Crippen molar-refractivity contribution in [3.05, 3.63) is 0 Å². The minimum absolute atomic E-state index is 0.00463. The molecule has 0 radical (unpaired) electrons. The minimum atomic E-state index is -0.648. The molecule has 80 valence electrons. The van der Waals surface area contributed by atoms with E-state index in [-0.39, 0.29) is 12.6 Å². The van der Waals surface area contributed by atoms with Crippen LogP contribution in [-0.2, 0) is 0 Å². The van der Waals surface area contributed by atoms with Gasteiger partial charge in [0.15, 0.2) is 0 Å². The van der Waals surface area contributed by atoms with Crippen molar-refractivity contribution in [3.63, 3.8) is 0 Å². The van der Waals surface area contributed by atoms with Crippen LogP contribution in [-0.4, -0.2) is 45.9 Å². The lowest BCUT2D eigenvalue weighted by atomic mass is 10.1. The third-order valence-electron chi connectivity index (χ3n) is 2.41. The third-order valence-corrected chi connectivity index (χ3v) is 2.41. The smallest absolute Gasteiger partial charge is 0.0923 e. The Kier molecular flexibility index (Phi) is 5.53. The Bertz CT molecular complexity index is 129. The summed E-state index contributed by atoms with van der Waals surface area (Å²) in [6.07, 6.45) is -0.648. The number of hydrogen-bond acceptors (Lipinski definition) is 3. The van der Waals surface area contributed by atoms with Gasteiger partial charge in [0, 0.05) is 18.1 Å². The molecule has 0 aliphatic rings. The molecule has 0 bridgehead atoms. The first-order valence-electron chi connectivity index (χ1n) is 4.98. The molecular weight excluding hydrogens is 166 g/mol. The standard InChI is InChI=1S/C10H23NO2/c1-7(2)11(8(3)4)9(5)10(13)6-12/h7-10,12-13H,6H2,1-5H3/t9-,10+/m1/s1. The lowest BCUT2D eigenvalue weighted by molar-refractivity contribution is -0.00699. The van der Waals surface area contributed by atoms with E-state index in [1.165, 1.54) is 0 Å². The molecule has 0 unspecified atom stereocenters. The highest BCUT2D eigenvalue weighted by Gasteiger charge is 2.25. The zero-order chi connectivity index (χ0) is 10.6. The Balaban J connectivity index is 4.36. The first kappa shape index (κ1) is 12.9. The van der Waals surface area contributed by atoms with E-state index < -0.39 is 6.10 Å². The fraction of sp³-hybridized carbons (Fsp3) is 1.00. The monoisotopic (exact) mass is 189 g/mol. The van der Waals surface area contributed by atoms with E-state index in [1.54, 1.807) is 0 Å². The summed E-state index contributed by atoms with van der Waals surface area (Å²) in [7, 11) is 0. The van der Waals surface area contributed by atoms with Gasteiger partial charge in [-0.05, 0) is 34.6 Å². The maximum atomic E-state index is 9.50. The molecule has 0 aliphatic carbocycles. The number of aliphatic hydroxyl groups is 2. The van der Waals surface area contributed by atoms with Gasteiger partial charge < -0.3 is 10.2 Å². The Hall–Kier alpha value is -0.120. The van der Waals surface area contributed by atoms with Crippen molar-refractivity contribution in [1.82, 2.24) is 4.90 Å². The summed E-state index contributed by atoms with van der Waals surface area (Å²) in [5.41, 5.74) is 0. The van der Waals surface area contributed by atoms with Crippen molar-refractivity contribution in [3.8, 4) is 0 Å². The summed E-state index contributed by atoms with van der Waals surface area (Å²) >= 11 is 0. The predicted octanol–water partition coefficient (Wildman–Crippen LogP) is 0.847. The molecule has 0 rings (SSSR count). The van der Waals surface area contributed by atoms with Crippen molar-refractivity contribution < 1.29 is 10.2 Å². The summed E-state index contributed by atoms with van der Waals surface area (Å²) < 4.78 is 0. The van der Waals surface area contributed by atoms with Crippen molar-refractivity contribution >= 4 is 0 Å². The van der Waals surface area contributed by atoms with Gasteiger partial charge in [0.1, 0.15) is 0 Å². The fourth-order valence-electron chi connectivity index (χ4n) is 1.89. The van der Waals surface area contributed by atoms with E-state index in [0.717, 1.165) is 0 Å². The van der Waals surface area contributed by atoms with Crippen LogP contribution in [0.1, 0.15) is 34.6 Å². The van der Waals surface area contributed by atoms with Crippen molar-refractivity contribution in [2.24, 2.45) is 0 Å². The first-order valence-corrected chi connectivity index (χ1v) is 4.98. The van der Waals surface area contributed by atoms with E-state index >= 15 is 0 Å². The largest absolute Gasteiger partial charge is 0.394 e. The number of aliphatic hydroxyl groups excluding tert-OH is 2. The average Bonchev–Trinajstić information content (AvgIpc) is 2.01. The van der Waals surface area contributed by atoms with Crippen LogP contribution in [0.3, 0.4) is 0 Å². The van der Waals surface area contributed by atoms with E-state index in [0.29, 0.717) is 12.1 Å². The zero-order valence-electron chi connectivity index (χ0n) is 9.36. The summed E-state index contributed by atoms with van der Waals surface area (Å²) in [6, 6.07) is 0.775. The molecule has 0 aromatic carbocycles. The van der Waals surface area contributed by atoms with Crippen LogP contribution in [0.4, 0.5) is 0 Å². The number of rotatable bonds is 5. The third kappa shape index (κ3) is 3.63. The quantitative estimate of drug-likeness (QED) is 0.674. The van der Waals surface area contributed by atoms with Gasteiger partial charge >= 0.3 is 0 Å². The second kappa shape index (κ2) is 5.58. The molecule has 2 atom stereocenters. The molecule has 13 heavy (non-hydrogen) atoms. The van der Waals surface area contributed by atoms with Gasteiger partial charge in [-0.1, -0.05) is 0 Å². The second-order valence-electron chi connectivity index (χ2n) is 4.13. The molecule has 0 fully saturated rings. The molecule has 0 aromatic rings. The molecular formula is C10H23NO2. The van der Waals surface area contributed by atoms with Crippen LogP contribution in [0.5, 0.6) is 0 Å². The zero-order valence-corrected chi connectivity index (χ0v) is 9.36. The summed E-state index contributed by atoms with van der Waals surface area (Å²) in [5, 5.41) is 18.3. The van der Waals surface area contributed by atoms with Gasteiger partial charge in [0.25, 0.3) is 0 Å². The molecule has 0 spiro atoms. The van der Waals surface area contributed by atoms with Crippen molar-refractivity contribution in [2.75, 3.05) is 6.61 Å². The number of nitrogens with zero attached hydrogens (tertiary/aromatic N) is 1. The van der Waals surface area contributed by atoms with Crippen LogP contribution in [0.2, 0.25) is 0 Å². The normalized spacial score (nSPS) is 17.1. The Morgan fingerprint density at radius 3 is 1.62 bits per heavy atom. The highest BCUT2D eigenvalue weighted by molar-refractivity contribution is 4.79. The lowest BCUT2D eigenvalue weighted by Crippen LogP contribution is -2.50. The predicted molar refractivity (Wildman–Crippen MR) is 54.7 cm³/mol. The van der Waals surface area contributed by atoms with E-state index in [1.807, 2.05) is 6.92 Å². The van der Waals surface area contributed by atoms with E-state index in [4.69, 9.17) is 5.11 Å². The first-order chi connectivity index (χ1) is 5.91. The van der Waals surface area contributed by atoms with E-state index in [2.05, 4.69) is 32.6 Å². The van der Waals surface area contributed by atoms with Gasteiger partial charge in [-0.25, -0.2) is 0 Å². The van der Waals surface area contributed by atoms with Crippen LogP contribution in [0.15, 0.2) is 0 Å². The highest BCUT2D eigenvalue weighted by atomic mass is 16.3. The van der Waals surface area contributed by atoms with Gasteiger partial charge in [-0.2, -0.15) is 0 Å². The second-order valence-corrected chi connectivity index (χ2v) is 4.13. The topological polar surface area (TPSA) is 43.7 Å². The molecule has 0 heterocycles. The maximum absolute atomic E-state index is 9.50. The molecule has 2 N–H and O–H groups in total. The summed E-state index contributed by atoms with van der Waals surface area (Å²) in [4.78, 5) is 2.20. The summed E-state index contributed by atoms with van der Waals surface area (Å²) in [5.74, 6) is 0. The van der Waals surface area contributed by atoms with Gasteiger partial charge in [-0.3, -0.25) is 4.90 Å². The molecule has 0 amide bonds. The lowest BCUT2D eigenvalue weighted by Gasteiger charge is -2.38. The van der Waals surface area contributed by atoms with Gasteiger partial charge in [0.05, 0.1) is 12.7 Å². The van der Waals surface area contributed by atoms with Crippen molar-refractivity contribution in [1.29, 1.82) is 0 Å². The molecule has 3 nitrogen and oxygen atoms in total. The Morgan fingerprint density at radius 1 is 1.00 bits per heavy atom. The maximum Gasteiger partial charge on any atom is 0.0923 e. The Labute approximate surface area is 81.4 Å². The molecule has 0 aliphatic heterocycles. The average molecular weight is 189 g/mol. The Morgan fingerprint density at radius 2 is 1.38 bits per heavy atom. The molecule has 0 aromatic heterocycles. The highest BCUT2D eigenvalue weighted by Crippen LogP contribution is 2.13. The SMILES string of the molecule is CC(C)N(C(C)C)[C@H](C)[C@@H](O)CO. The summed E-state index contributed by atoms with van der Waals surface area (Å²) in [6.45, 7) is 10.2. The number of hydrogen-bond donors (Lipinski definition) is 2. The van der Waals surface area contributed by atoms with Gasteiger partial charge in [-0.15, -0.1) is 0 Å². The van der Waals surface area contributed by atoms with Crippen LogP contribution in [0, 0.1) is 0 Å². The van der Waals surface area contributed by atoms with Crippen LogP contribution >= 0.6 is 0 Å². The van der Waals surface area contributed by atoms with Gasteiger partial charge in [0.2, 0.25) is 0 Å².